The molecule has 0 fully saturated rings. The summed E-state index contributed by atoms with van der Waals surface area (Å²) in [5, 5.41) is 0. The number of fused-ring (bicyclic) bond motifs is 1. The summed E-state index contributed by atoms with van der Waals surface area (Å²) in [7, 11) is 0. The molecule has 0 unspecified atom stereocenters. The van der Waals surface area contributed by atoms with Crippen molar-refractivity contribution in [3.63, 3.8) is 0 Å². The Bertz CT molecular complexity index is 709. The number of nitrogens with zero attached hydrogens (tertiary/aromatic N) is 1. The third-order valence-corrected chi connectivity index (χ3v) is 4.23. The number of carbonyl (C=O) groups is 1. The van der Waals surface area contributed by atoms with Gasteiger partial charge >= 0.3 is 0 Å². The van der Waals surface area contributed by atoms with Crippen molar-refractivity contribution in [2.45, 2.75) is 12.8 Å². The number of amides is 1. The highest BCUT2D eigenvalue weighted by atomic mass is 35.5. The molecule has 6 heteroatoms. The molecule has 0 spiro atoms. The highest BCUT2D eigenvalue weighted by Crippen LogP contribution is 2.30. The average molecular weight is 377 g/mol. The predicted octanol–water partition coefficient (Wildman–Crippen LogP) is 2.45. The van der Waals surface area contributed by atoms with Crippen molar-refractivity contribution in [2.24, 2.45) is 5.73 Å². The van der Waals surface area contributed by atoms with Crippen LogP contribution in [0.4, 0.5) is 0 Å². The average Bonchev–Trinajstić information content (AvgIpc) is 2.65. The molecule has 2 aromatic carbocycles. The maximum absolute atomic E-state index is 12.7. The second kappa shape index (κ2) is 10.0. The van der Waals surface area contributed by atoms with Crippen LogP contribution in [0, 0.1) is 0 Å². The van der Waals surface area contributed by atoms with Crippen LogP contribution in [0.1, 0.15) is 11.1 Å². The zero-order chi connectivity index (χ0) is 17.5. The molecule has 2 N–H and O–H groups in total. The van der Waals surface area contributed by atoms with Gasteiger partial charge in [-0.1, -0.05) is 36.4 Å². The van der Waals surface area contributed by atoms with Crippen LogP contribution in [-0.4, -0.2) is 43.7 Å². The van der Waals surface area contributed by atoms with Crippen molar-refractivity contribution in [3.8, 4) is 11.5 Å². The maximum atomic E-state index is 12.7. The van der Waals surface area contributed by atoms with Crippen LogP contribution in [0.5, 0.6) is 11.5 Å². The molecule has 0 radical (unpaired) electrons. The molecule has 0 saturated carbocycles. The van der Waals surface area contributed by atoms with Crippen LogP contribution in [0.15, 0.2) is 48.5 Å². The molecule has 0 bridgehead atoms. The van der Waals surface area contributed by atoms with E-state index in [-0.39, 0.29) is 18.3 Å². The number of halogens is 1. The minimum atomic E-state index is 0. The van der Waals surface area contributed by atoms with Crippen molar-refractivity contribution < 1.29 is 14.3 Å². The van der Waals surface area contributed by atoms with Gasteiger partial charge in [-0.3, -0.25) is 4.79 Å². The Labute approximate surface area is 160 Å². The van der Waals surface area contributed by atoms with Crippen LogP contribution in [0.2, 0.25) is 0 Å². The summed E-state index contributed by atoms with van der Waals surface area (Å²) < 4.78 is 11.1. The fourth-order valence-corrected chi connectivity index (χ4v) is 2.91. The van der Waals surface area contributed by atoms with Crippen molar-refractivity contribution >= 4 is 18.3 Å². The molecular formula is C20H25ClN2O3. The van der Waals surface area contributed by atoms with Crippen LogP contribution >= 0.6 is 12.4 Å². The molecular weight excluding hydrogens is 352 g/mol. The van der Waals surface area contributed by atoms with Gasteiger partial charge < -0.3 is 20.1 Å². The van der Waals surface area contributed by atoms with Crippen molar-refractivity contribution in [2.75, 3.05) is 32.8 Å². The monoisotopic (exact) mass is 376 g/mol. The first-order chi connectivity index (χ1) is 12.3. The predicted molar refractivity (Wildman–Crippen MR) is 104 cm³/mol. The van der Waals surface area contributed by atoms with E-state index in [1.807, 2.05) is 41.3 Å². The molecule has 140 valence electrons. The first kappa shape index (κ1) is 20.1. The van der Waals surface area contributed by atoms with Gasteiger partial charge in [0.15, 0.2) is 11.5 Å². The topological polar surface area (TPSA) is 64.8 Å². The number of hydrogen-bond donors (Lipinski definition) is 1. The summed E-state index contributed by atoms with van der Waals surface area (Å²) in [5.74, 6) is 1.54. The van der Waals surface area contributed by atoms with E-state index >= 15 is 0 Å². The normalized spacial score (nSPS) is 12.2. The molecule has 3 rings (SSSR count). The standard InChI is InChI=1S/C20H24N2O3.ClH/c21-9-11-22(10-8-16-4-2-1-3-5-16)20(23)15-17-6-7-18-19(14-17)25-13-12-24-18;/h1-7,14H,8-13,15,21H2;1H. The minimum absolute atomic E-state index is 0. The quantitative estimate of drug-likeness (QED) is 0.806. The van der Waals surface area contributed by atoms with E-state index in [9.17, 15) is 4.79 Å². The Morgan fingerprint density at radius 2 is 1.69 bits per heavy atom. The SMILES string of the molecule is Cl.NCCN(CCc1ccccc1)C(=O)Cc1ccc2c(c1)OCCO2. The highest BCUT2D eigenvalue weighted by Gasteiger charge is 2.16. The number of benzene rings is 2. The van der Waals surface area contributed by atoms with E-state index in [1.165, 1.54) is 5.56 Å². The molecule has 1 aliphatic heterocycles. The molecule has 0 saturated heterocycles. The first-order valence-electron chi connectivity index (χ1n) is 8.66. The number of nitrogens with two attached hydrogens (primary N) is 1. The fraction of sp³-hybridized carbons (Fsp3) is 0.350. The van der Waals surface area contributed by atoms with E-state index in [4.69, 9.17) is 15.2 Å². The summed E-state index contributed by atoms with van der Waals surface area (Å²) >= 11 is 0. The van der Waals surface area contributed by atoms with Gasteiger partial charge in [-0.2, -0.15) is 0 Å². The molecule has 0 aromatic heterocycles. The summed E-state index contributed by atoms with van der Waals surface area (Å²) in [6.45, 7) is 2.80. The Hall–Kier alpha value is -2.24. The van der Waals surface area contributed by atoms with E-state index in [0.717, 1.165) is 17.7 Å². The second-order valence-corrected chi connectivity index (χ2v) is 6.06. The number of hydrogen-bond acceptors (Lipinski definition) is 4. The van der Waals surface area contributed by atoms with Gasteiger partial charge in [-0.15, -0.1) is 12.4 Å². The Morgan fingerprint density at radius 1 is 0.962 bits per heavy atom. The van der Waals surface area contributed by atoms with Crippen molar-refractivity contribution in [3.05, 3.63) is 59.7 Å². The van der Waals surface area contributed by atoms with E-state index in [0.29, 0.717) is 45.0 Å². The van der Waals surface area contributed by atoms with Gasteiger partial charge in [-0.25, -0.2) is 0 Å². The van der Waals surface area contributed by atoms with Crippen LogP contribution in [-0.2, 0) is 17.6 Å². The zero-order valence-electron chi connectivity index (χ0n) is 14.7. The van der Waals surface area contributed by atoms with Gasteiger partial charge in [0.1, 0.15) is 13.2 Å². The van der Waals surface area contributed by atoms with Gasteiger partial charge in [0.25, 0.3) is 0 Å². The van der Waals surface area contributed by atoms with Gasteiger partial charge in [0.2, 0.25) is 5.91 Å². The minimum Gasteiger partial charge on any atom is -0.486 e. The summed E-state index contributed by atoms with van der Waals surface area (Å²) in [6.07, 6.45) is 1.17. The number of ether oxygens (including phenoxy) is 2. The molecule has 2 aromatic rings. The second-order valence-electron chi connectivity index (χ2n) is 6.06. The third kappa shape index (κ3) is 5.38. The highest BCUT2D eigenvalue weighted by molar-refractivity contribution is 5.85. The molecule has 0 atom stereocenters. The largest absolute Gasteiger partial charge is 0.486 e. The van der Waals surface area contributed by atoms with Crippen molar-refractivity contribution in [1.82, 2.24) is 4.90 Å². The van der Waals surface area contributed by atoms with Gasteiger partial charge in [0.05, 0.1) is 6.42 Å². The summed E-state index contributed by atoms with van der Waals surface area (Å²) in [4.78, 5) is 14.5. The Balaban J connectivity index is 0.00000243. The van der Waals surface area contributed by atoms with Crippen LogP contribution in [0.3, 0.4) is 0 Å². The van der Waals surface area contributed by atoms with Crippen LogP contribution in [0.25, 0.3) is 0 Å². The maximum Gasteiger partial charge on any atom is 0.227 e. The lowest BCUT2D eigenvalue weighted by Crippen LogP contribution is -2.37. The lowest BCUT2D eigenvalue weighted by Gasteiger charge is -2.23. The molecule has 1 heterocycles. The molecule has 1 aliphatic rings. The number of carbonyl (C=O) groups excluding carboxylic acids is 1. The molecule has 1 amide bonds. The summed E-state index contributed by atoms with van der Waals surface area (Å²) in [5.41, 5.74) is 7.84. The lowest BCUT2D eigenvalue weighted by atomic mass is 10.1. The fourth-order valence-electron chi connectivity index (χ4n) is 2.91. The zero-order valence-corrected chi connectivity index (χ0v) is 15.5. The smallest absolute Gasteiger partial charge is 0.227 e. The van der Waals surface area contributed by atoms with E-state index in [2.05, 4.69) is 12.1 Å². The van der Waals surface area contributed by atoms with Crippen molar-refractivity contribution in [1.29, 1.82) is 0 Å². The Morgan fingerprint density at radius 3 is 2.42 bits per heavy atom. The summed E-state index contributed by atoms with van der Waals surface area (Å²) in [6, 6.07) is 15.9. The molecule has 5 nitrogen and oxygen atoms in total. The number of rotatable bonds is 7. The van der Waals surface area contributed by atoms with Gasteiger partial charge in [-0.05, 0) is 29.7 Å². The van der Waals surface area contributed by atoms with E-state index < -0.39 is 0 Å². The molecule has 0 aliphatic carbocycles. The van der Waals surface area contributed by atoms with Gasteiger partial charge in [0, 0.05) is 19.6 Å². The third-order valence-electron chi connectivity index (χ3n) is 4.23. The lowest BCUT2D eigenvalue weighted by molar-refractivity contribution is -0.130. The Kier molecular flexibility index (Phi) is 7.75. The first-order valence-corrected chi connectivity index (χ1v) is 8.66. The van der Waals surface area contributed by atoms with Crippen LogP contribution < -0.4 is 15.2 Å². The van der Waals surface area contributed by atoms with E-state index in [1.54, 1.807) is 0 Å². The molecule has 26 heavy (non-hydrogen) atoms.